The van der Waals surface area contributed by atoms with Crippen LogP contribution in [0.2, 0.25) is 0 Å². The van der Waals surface area contributed by atoms with Gasteiger partial charge in [-0.05, 0) is 55.0 Å². The number of rotatable bonds is 3. The number of hydrogen-bond acceptors (Lipinski definition) is 2. The van der Waals surface area contributed by atoms with Crippen LogP contribution in [0.3, 0.4) is 0 Å². The Morgan fingerprint density at radius 2 is 1.58 bits per heavy atom. The van der Waals surface area contributed by atoms with E-state index in [1.807, 2.05) is 0 Å². The molecular weight excluding hydrogens is 363 g/mol. The Labute approximate surface area is 149 Å². The lowest BCUT2D eigenvalue weighted by Gasteiger charge is -2.15. The van der Waals surface area contributed by atoms with Crippen LogP contribution in [0.15, 0.2) is 65.6 Å². The average molecular weight is 379 g/mol. The maximum absolute atomic E-state index is 13.0. The summed E-state index contributed by atoms with van der Waals surface area (Å²) in [7, 11) is -3.31. The van der Waals surface area contributed by atoms with E-state index in [9.17, 15) is 21.6 Å². The first-order valence-corrected chi connectivity index (χ1v) is 9.63. The van der Waals surface area contributed by atoms with Crippen LogP contribution in [0, 0.1) is 6.92 Å². The van der Waals surface area contributed by atoms with Crippen molar-refractivity contribution in [2.75, 3.05) is 6.26 Å². The Hall–Kier alpha value is -2.54. The molecule has 3 nitrogen and oxygen atoms in total. The fourth-order valence-electron chi connectivity index (χ4n) is 2.80. The molecule has 0 amide bonds. The van der Waals surface area contributed by atoms with Crippen molar-refractivity contribution in [3.63, 3.8) is 0 Å². The molecule has 0 bridgehead atoms. The summed E-state index contributed by atoms with van der Waals surface area (Å²) in [5.41, 5.74) is 1.84. The lowest BCUT2D eigenvalue weighted by atomic mass is 10.1. The van der Waals surface area contributed by atoms with Crippen molar-refractivity contribution in [1.82, 2.24) is 4.57 Å². The minimum Gasteiger partial charge on any atom is -0.314 e. The molecule has 1 heterocycles. The molecule has 26 heavy (non-hydrogen) atoms. The fourth-order valence-corrected chi connectivity index (χ4v) is 3.43. The van der Waals surface area contributed by atoms with Crippen LogP contribution in [0.4, 0.5) is 13.2 Å². The molecule has 3 rings (SSSR count). The highest BCUT2D eigenvalue weighted by Crippen LogP contribution is 2.33. The van der Waals surface area contributed by atoms with E-state index in [1.165, 1.54) is 18.2 Å². The molecule has 0 fully saturated rings. The van der Waals surface area contributed by atoms with Crippen molar-refractivity contribution in [3.8, 4) is 16.9 Å². The molecule has 0 N–H and O–H groups in total. The maximum Gasteiger partial charge on any atom is 0.416 e. The Bertz CT molecular complexity index is 1050. The molecule has 0 aliphatic heterocycles. The van der Waals surface area contributed by atoms with Gasteiger partial charge in [0, 0.05) is 17.6 Å². The van der Waals surface area contributed by atoms with Gasteiger partial charge in [0.25, 0.3) is 0 Å². The SMILES string of the molecule is Cc1ccc(-c2ccc(S(C)(=O)=O)cc2)n1-c1cccc(C(F)(F)F)c1. The van der Waals surface area contributed by atoms with E-state index in [4.69, 9.17) is 0 Å². The van der Waals surface area contributed by atoms with Gasteiger partial charge in [-0.15, -0.1) is 0 Å². The molecule has 0 atom stereocenters. The first kappa shape index (κ1) is 18.3. The lowest BCUT2D eigenvalue weighted by Crippen LogP contribution is -2.07. The molecule has 3 aromatic rings. The van der Waals surface area contributed by atoms with Crippen LogP contribution in [0.1, 0.15) is 11.3 Å². The molecule has 0 aliphatic rings. The van der Waals surface area contributed by atoms with Gasteiger partial charge in [0.05, 0.1) is 16.2 Å². The molecule has 0 saturated carbocycles. The second-order valence-electron chi connectivity index (χ2n) is 6.04. The number of halogens is 3. The van der Waals surface area contributed by atoms with Crippen LogP contribution >= 0.6 is 0 Å². The average Bonchev–Trinajstić information content (AvgIpc) is 2.95. The van der Waals surface area contributed by atoms with Gasteiger partial charge in [-0.25, -0.2) is 8.42 Å². The van der Waals surface area contributed by atoms with Crippen molar-refractivity contribution in [2.45, 2.75) is 18.0 Å². The largest absolute Gasteiger partial charge is 0.416 e. The van der Waals surface area contributed by atoms with Crippen molar-refractivity contribution in [2.24, 2.45) is 0 Å². The molecule has 0 saturated heterocycles. The predicted molar refractivity (Wildman–Crippen MR) is 94.1 cm³/mol. The number of nitrogens with zero attached hydrogens (tertiary/aromatic N) is 1. The van der Waals surface area contributed by atoms with E-state index in [0.29, 0.717) is 16.9 Å². The van der Waals surface area contributed by atoms with Crippen molar-refractivity contribution < 1.29 is 21.6 Å². The number of hydrogen-bond donors (Lipinski definition) is 0. The van der Waals surface area contributed by atoms with E-state index >= 15 is 0 Å². The topological polar surface area (TPSA) is 39.1 Å². The lowest BCUT2D eigenvalue weighted by molar-refractivity contribution is -0.137. The summed E-state index contributed by atoms with van der Waals surface area (Å²) in [4.78, 5) is 0.190. The second kappa shape index (κ2) is 6.32. The first-order chi connectivity index (χ1) is 12.1. The molecule has 0 spiro atoms. The van der Waals surface area contributed by atoms with Crippen molar-refractivity contribution in [1.29, 1.82) is 0 Å². The number of alkyl halides is 3. The summed E-state index contributed by atoms with van der Waals surface area (Å²) in [5, 5.41) is 0. The summed E-state index contributed by atoms with van der Waals surface area (Å²) in [6, 6.07) is 15.0. The zero-order chi connectivity index (χ0) is 19.1. The highest BCUT2D eigenvalue weighted by Gasteiger charge is 2.30. The summed E-state index contributed by atoms with van der Waals surface area (Å²) >= 11 is 0. The summed E-state index contributed by atoms with van der Waals surface area (Å²) < 4.78 is 64.0. The Morgan fingerprint density at radius 1 is 0.923 bits per heavy atom. The Morgan fingerprint density at radius 3 is 2.15 bits per heavy atom. The number of sulfone groups is 1. The summed E-state index contributed by atoms with van der Waals surface area (Å²) in [5.74, 6) is 0. The molecule has 1 aromatic heterocycles. The first-order valence-electron chi connectivity index (χ1n) is 7.74. The van der Waals surface area contributed by atoms with Gasteiger partial charge < -0.3 is 4.57 Å². The Balaban J connectivity index is 2.11. The summed E-state index contributed by atoms with van der Waals surface area (Å²) in [6.45, 7) is 1.80. The predicted octanol–water partition coefficient (Wildman–Crippen LogP) is 4.88. The van der Waals surface area contributed by atoms with Crippen LogP contribution in [-0.2, 0) is 16.0 Å². The number of aryl methyl sites for hydroxylation is 1. The number of benzene rings is 2. The van der Waals surface area contributed by atoms with Gasteiger partial charge >= 0.3 is 6.18 Å². The minimum absolute atomic E-state index is 0.190. The van der Waals surface area contributed by atoms with Gasteiger partial charge in [0.1, 0.15) is 0 Å². The monoisotopic (exact) mass is 379 g/mol. The van der Waals surface area contributed by atoms with Crippen LogP contribution in [0.5, 0.6) is 0 Å². The maximum atomic E-state index is 13.0. The molecular formula is C19H16F3NO2S. The second-order valence-corrected chi connectivity index (χ2v) is 8.06. The normalized spacial score (nSPS) is 12.3. The van der Waals surface area contributed by atoms with Crippen molar-refractivity contribution in [3.05, 3.63) is 71.9 Å². The Kier molecular flexibility index (Phi) is 4.44. The van der Waals surface area contributed by atoms with E-state index in [-0.39, 0.29) is 4.90 Å². The summed E-state index contributed by atoms with van der Waals surface area (Å²) in [6.07, 6.45) is -3.30. The quantitative estimate of drug-likeness (QED) is 0.651. The minimum atomic E-state index is -4.42. The van der Waals surface area contributed by atoms with Gasteiger partial charge in [-0.2, -0.15) is 13.2 Å². The standard InChI is InChI=1S/C19H16F3NO2S/c1-13-6-11-18(14-7-9-17(10-8-14)26(2,24)25)23(13)16-5-3-4-15(12-16)19(20,21)22/h3-12H,1-2H3. The van der Waals surface area contributed by atoms with E-state index in [1.54, 1.807) is 41.8 Å². The smallest absolute Gasteiger partial charge is 0.314 e. The van der Waals surface area contributed by atoms with Gasteiger partial charge in [-0.1, -0.05) is 18.2 Å². The molecule has 0 aliphatic carbocycles. The third kappa shape index (κ3) is 3.53. The third-order valence-corrected chi connectivity index (χ3v) is 5.21. The molecule has 136 valence electrons. The highest BCUT2D eigenvalue weighted by molar-refractivity contribution is 7.90. The van der Waals surface area contributed by atoms with E-state index in [0.717, 1.165) is 24.1 Å². The molecule has 7 heteroatoms. The highest BCUT2D eigenvalue weighted by atomic mass is 32.2. The van der Waals surface area contributed by atoms with Crippen LogP contribution in [0.25, 0.3) is 16.9 Å². The third-order valence-electron chi connectivity index (χ3n) is 4.09. The van der Waals surface area contributed by atoms with E-state index in [2.05, 4.69) is 0 Å². The van der Waals surface area contributed by atoms with Crippen molar-refractivity contribution >= 4 is 9.84 Å². The van der Waals surface area contributed by atoms with Crippen LogP contribution < -0.4 is 0 Å². The van der Waals surface area contributed by atoms with Gasteiger partial charge in [-0.3, -0.25) is 0 Å². The van der Waals surface area contributed by atoms with Gasteiger partial charge in [0.15, 0.2) is 9.84 Å². The number of aromatic nitrogens is 1. The zero-order valence-corrected chi connectivity index (χ0v) is 14.9. The van der Waals surface area contributed by atoms with E-state index < -0.39 is 21.6 Å². The molecule has 0 radical (unpaired) electrons. The zero-order valence-electron chi connectivity index (χ0n) is 14.1. The van der Waals surface area contributed by atoms with Crippen LogP contribution in [-0.4, -0.2) is 19.2 Å². The molecule has 0 unspecified atom stereocenters. The molecule has 2 aromatic carbocycles. The fraction of sp³-hybridized carbons (Fsp3) is 0.158. The van der Waals surface area contributed by atoms with Gasteiger partial charge in [0.2, 0.25) is 0 Å².